The van der Waals surface area contributed by atoms with Crippen LogP contribution >= 0.6 is 0 Å². The predicted molar refractivity (Wildman–Crippen MR) is 55.8 cm³/mol. The fourth-order valence-electron chi connectivity index (χ4n) is 1.90. The van der Waals surface area contributed by atoms with E-state index in [0.717, 1.165) is 12.3 Å². The summed E-state index contributed by atoms with van der Waals surface area (Å²) in [5, 5.41) is 8.80. The molecule has 0 saturated carbocycles. The Labute approximate surface area is 101 Å². The Morgan fingerprint density at radius 3 is 2.78 bits per heavy atom. The second kappa shape index (κ2) is 4.67. The standard InChI is InChI=1S/C11H10F2N2O3/c12-8-7(1-3-14-9(8)13)10(16)15-4-2-6(5-15)11(17)18/h1,3,6H,2,4-5H2,(H,17,18). The van der Waals surface area contributed by atoms with Crippen LogP contribution in [0.2, 0.25) is 0 Å². The molecule has 2 heterocycles. The van der Waals surface area contributed by atoms with Crippen LogP contribution in [0.5, 0.6) is 0 Å². The van der Waals surface area contributed by atoms with Crippen LogP contribution in [0.25, 0.3) is 0 Å². The van der Waals surface area contributed by atoms with Crippen molar-refractivity contribution in [1.29, 1.82) is 0 Å². The number of likely N-dealkylation sites (tertiary alicyclic amines) is 1. The summed E-state index contributed by atoms with van der Waals surface area (Å²) >= 11 is 0. The Morgan fingerprint density at radius 2 is 2.17 bits per heavy atom. The first-order chi connectivity index (χ1) is 8.50. The second-order valence-electron chi connectivity index (χ2n) is 4.04. The third kappa shape index (κ3) is 2.15. The van der Waals surface area contributed by atoms with Crippen molar-refractivity contribution in [3.8, 4) is 0 Å². The lowest BCUT2D eigenvalue weighted by molar-refractivity contribution is -0.141. The van der Waals surface area contributed by atoms with E-state index >= 15 is 0 Å². The first-order valence-corrected chi connectivity index (χ1v) is 5.32. The lowest BCUT2D eigenvalue weighted by Crippen LogP contribution is -2.30. The normalized spacial score (nSPS) is 19.0. The molecule has 1 unspecified atom stereocenters. The first-order valence-electron chi connectivity index (χ1n) is 5.32. The summed E-state index contributed by atoms with van der Waals surface area (Å²) in [6, 6.07) is 1.08. The number of halogens is 2. The third-order valence-electron chi connectivity index (χ3n) is 2.90. The highest BCUT2D eigenvalue weighted by Crippen LogP contribution is 2.20. The molecule has 1 aliphatic heterocycles. The second-order valence-corrected chi connectivity index (χ2v) is 4.04. The maximum Gasteiger partial charge on any atom is 0.308 e. The largest absolute Gasteiger partial charge is 0.481 e. The van der Waals surface area contributed by atoms with Crippen LogP contribution < -0.4 is 0 Å². The zero-order valence-corrected chi connectivity index (χ0v) is 9.27. The van der Waals surface area contributed by atoms with Crippen molar-refractivity contribution < 1.29 is 23.5 Å². The molecule has 5 nitrogen and oxygen atoms in total. The molecular weight excluding hydrogens is 246 g/mol. The van der Waals surface area contributed by atoms with E-state index in [0.29, 0.717) is 6.42 Å². The Morgan fingerprint density at radius 1 is 1.44 bits per heavy atom. The molecule has 0 spiro atoms. The van der Waals surface area contributed by atoms with Gasteiger partial charge >= 0.3 is 5.97 Å². The minimum absolute atomic E-state index is 0.0115. The maximum atomic E-state index is 13.4. The Balaban J connectivity index is 2.18. The van der Waals surface area contributed by atoms with E-state index in [1.165, 1.54) is 4.90 Å². The third-order valence-corrected chi connectivity index (χ3v) is 2.90. The number of carboxylic acid groups (broad SMARTS) is 1. The Hall–Kier alpha value is -2.05. The summed E-state index contributed by atoms with van der Waals surface area (Å²) in [5.41, 5.74) is -0.423. The summed E-state index contributed by atoms with van der Waals surface area (Å²) in [7, 11) is 0. The number of pyridine rings is 1. The van der Waals surface area contributed by atoms with Crippen molar-refractivity contribution in [2.24, 2.45) is 5.92 Å². The van der Waals surface area contributed by atoms with Gasteiger partial charge in [-0.2, -0.15) is 4.39 Å². The monoisotopic (exact) mass is 256 g/mol. The van der Waals surface area contributed by atoms with Crippen molar-refractivity contribution in [3.05, 3.63) is 29.6 Å². The van der Waals surface area contributed by atoms with Crippen LogP contribution in [0.3, 0.4) is 0 Å². The summed E-state index contributed by atoms with van der Waals surface area (Å²) in [5.74, 6) is -5.00. The number of hydrogen-bond donors (Lipinski definition) is 1. The molecule has 1 N–H and O–H groups in total. The number of carbonyl (C=O) groups excluding carboxylic acids is 1. The minimum atomic E-state index is -1.34. The maximum absolute atomic E-state index is 13.4. The van der Waals surface area contributed by atoms with Crippen LogP contribution in [0.1, 0.15) is 16.8 Å². The number of nitrogens with zero attached hydrogens (tertiary/aromatic N) is 2. The van der Waals surface area contributed by atoms with Gasteiger partial charge in [-0.25, -0.2) is 9.37 Å². The summed E-state index contributed by atoms with van der Waals surface area (Å²) in [6.45, 7) is 0.233. The molecule has 0 aliphatic carbocycles. The van der Waals surface area contributed by atoms with E-state index < -0.39 is 35.1 Å². The number of amides is 1. The molecule has 1 aromatic heterocycles. The van der Waals surface area contributed by atoms with E-state index in [1.54, 1.807) is 0 Å². The number of rotatable bonds is 2. The quantitative estimate of drug-likeness (QED) is 0.798. The molecule has 1 amide bonds. The van der Waals surface area contributed by atoms with Gasteiger partial charge in [-0.15, -0.1) is 0 Å². The fraction of sp³-hybridized carbons (Fsp3) is 0.364. The van der Waals surface area contributed by atoms with Gasteiger partial charge in [0.1, 0.15) is 0 Å². The van der Waals surface area contributed by atoms with Gasteiger partial charge in [0, 0.05) is 19.3 Å². The molecule has 2 rings (SSSR count). The smallest absolute Gasteiger partial charge is 0.308 e. The summed E-state index contributed by atoms with van der Waals surface area (Å²) in [4.78, 5) is 26.9. The average molecular weight is 256 g/mol. The van der Waals surface area contributed by atoms with Gasteiger partial charge in [-0.05, 0) is 12.5 Å². The first kappa shape index (κ1) is 12.4. The van der Waals surface area contributed by atoms with Crippen LogP contribution in [-0.2, 0) is 4.79 Å². The van der Waals surface area contributed by atoms with Crippen LogP contribution in [0.4, 0.5) is 8.78 Å². The van der Waals surface area contributed by atoms with Gasteiger partial charge in [-0.1, -0.05) is 0 Å². The lowest BCUT2D eigenvalue weighted by atomic mass is 10.1. The molecule has 0 bridgehead atoms. The average Bonchev–Trinajstić information content (AvgIpc) is 2.81. The molecular formula is C11H10F2N2O3. The number of hydrogen-bond acceptors (Lipinski definition) is 3. The zero-order chi connectivity index (χ0) is 13.3. The molecule has 0 aromatic carbocycles. The molecule has 1 fully saturated rings. The van der Waals surface area contributed by atoms with Crippen molar-refractivity contribution in [2.45, 2.75) is 6.42 Å². The van der Waals surface area contributed by atoms with E-state index in [9.17, 15) is 18.4 Å². The van der Waals surface area contributed by atoms with Gasteiger partial charge in [-0.3, -0.25) is 9.59 Å². The van der Waals surface area contributed by atoms with Crippen molar-refractivity contribution in [2.75, 3.05) is 13.1 Å². The van der Waals surface area contributed by atoms with E-state index in [4.69, 9.17) is 5.11 Å². The molecule has 1 atom stereocenters. The van der Waals surface area contributed by atoms with E-state index in [2.05, 4.69) is 4.98 Å². The van der Waals surface area contributed by atoms with E-state index in [1.807, 2.05) is 0 Å². The van der Waals surface area contributed by atoms with Crippen LogP contribution in [0.15, 0.2) is 12.3 Å². The van der Waals surface area contributed by atoms with Gasteiger partial charge in [0.25, 0.3) is 5.91 Å². The highest BCUT2D eigenvalue weighted by Gasteiger charge is 2.32. The zero-order valence-electron chi connectivity index (χ0n) is 9.27. The molecule has 1 aromatic rings. The Bertz CT molecular complexity index is 507. The summed E-state index contributed by atoms with van der Waals surface area (Å²) < 4.78 is 26.2. The van der Waals surface area contributed by atoms with E-state index in [-0.39, 0.29) is 13.1 Å². The van der Waals surface area contributed by atoms with Gasteiger partial charge in [0.2, 0.25) is 5.95 Å². The molecule has 1 saturated heterocycles. The lowest BCUT2D eigenvalue weighted by Gasteiger charge is -2.15. The van der Waals surface area contributed by atoms with Crippen molar-refractivity contribution in [3.63, 3.8) is 0 Å². The van der Waals surface area contributed by atoms with Gasteiger partial charge in [0.15, 0.2) is 5.82 Å². The fourth-order valence-corrected chi connectivity index (χ4v) is 1.90. The van der Waals surface area contributed by atoms with Gasteiger partial charge in [0.05, 0.1) is 11.5 Å². The van der Waals surface area contributed by atoms with Crippen molar-refractivity contribution >= 4 is 11.9 Å². The molecule has 1 aliphatic rings. The molecule has 18 heavy (non-hydrogen) atoms. The molecule has 7 heteroatoms. The number of carboxylic acids is 1. The highest BCUT2D eigenvalue weighted by molar-refractivity contribution is 5.95. The number of aliphatic carboxylic acids is 1. The predicted octanol–water partition coefficient (Wildman–Crippen LogP) is 0.907. The SMILES string of the molecule is O=C(O)C1CCN(C(=O)c2ccnc(F)c2F)C1. The molecule has 96 valence electrons. The minimum Gasteiger partial charge on any atom is -0.481 e. The van der Waals surface area contributed by atoms with Crippen LogP contribution in [0, 0.1) is 17.7 Å². The van der Waals surface area contributed by atoms with Crippen LogP contribution in [-0.4, -0.2) is 40.0 Å². The van der Waals surface area contributed by atoms with Crippen molar-refractivity contribution in [1.82, 2.24) is 9.88 Å². The summed E-state index contributed by atoms with van der Waals surface area (Å²) in [6.07, 6.45) is 1.31. The highest BCUT2D eigenvalue weighted by atomic mass is 19.2. The molecule has 0 radical (unpaired) electrons. The Kier molecular flexibility index (Phi) is 3.22. The number of aromatic nitrogens is 1. The number of carbonyl (C=O) groups is 2. The topological polar surface area (TPSA) is 70.5 Å². The van der Waals surface area contributed by atoms with Gasteiger partial charge < -0.3 is 10.0 Å².